The number of amides is 3. The molecule has 3 rings (SSSR count). The number of rotatable bonds is 6. The van der Waals surface area contributed by atoms with Crippen molar-refractivity contribution < 1.29 is 19.1 Å². The van der Waals surface area contributed by atoms with Crippen molar-refractivity contribution in [1.82, 2.24) is 5.32 Å². The Balaban J connectivity index is 1.65. The summed E-state index contributed by atoms with van der Waals surface area (Å²) in [7, 11) is 0. The molecule has 29 heavy (non-hydrogen) atoms. The molecule has 0 bridgehead atoms. The molecule has 1 aliphatic rings. The van der Waals surface area contributed by atoms with Crippen LogP contribution in [0.4, 0.5) is 11.4 Å². The maximum absolute atomic E-state index is 12.4. The molecule has 0 saturated heterocycles. The van der Waals surface area contributed by atoms with Crippen LogP contribution in [0.15, 0.2) is 48.5 Å². The van der Waals surface area contributed by atoms with E-state index >= 15 is 0 Å². The van der Waals surface area contributed by atoms with Crippen molar-refractivity contribution >= 4 is 29.1 Å². The molecule has 3 amide bonds. The van der Waals surface area contributed by atoms with Crippen LogP contribution < -0.4 is 20.3 Å². The number of carbonyl (C=O) groups excluding carboxylic acids is 3. The normalized spacial score (nSPS) is 15.5. The van der Waals surface area contributed by atoms with Crippen LogP contribution in [0.3, 0.4) is 0 Å². The minimum absolute atomic E-state index is 0.0772. The van der Waals surface area contributed by atoms with Gasteiger partial charge in [0.2, 0.25) is 5.91 Å². The third-order valence-electron chi connectivity index (χ3n) is 4.45. The fourth-order valence-corrected chi connectivity index (χ4v) is 3.10. The van der Waals surface area contributed by atoms with Gasteiger partial charge in [0, 0.05) is 23.9 Å². The monoisotopic (exact) mass is 395 g/mol. The largest absolute Gasteiger partial charge is 0.479 e. The minimum Gasteiger partial charge on any atom is -0.479 e. The summed E-state index contributed by atoms with van der Waals surface area (Å²) in [5.74, 6) is 0.111. The first-order chi connectivity index (χ1) is 13.8. The van der Waals surface area contributed by atoms with Crippen molar-refractivity contribution in [2.45, 2.75) is 26.9 Å². The predicted octanol–water partition coefficient (Wildman–Crippen LogP) is 2.83. The highest BCUT2D eigenvalue weighted by Gasteiger charge is 2.32. The quantitative estimate of drug-likeness (QED) is 0.787. The molecule has 0 aliphatic carbocycles. The number of carbonyl (C=O) groups is 3. The molecule has 7 heteroatoms. The maximum atomic E-state index is 12.4. The molecule has 1 aliphatic heterocycles. The van der Waals surface area contributed by atoms with Gasteiger partial charge in [-0.3, -0.25) is 14.4 Å². The van der Waals surface area contributed by atoms with E-state index in [0.29, 0.717) is 35.2 Å². The van der Waals surface area contributed by atoms with E-state index in [1.54, 1.807) is 54.3 Å². The van der Waals surface area contributed by atoms with Gasteiger partial charge in [-0.15, -0.1) is 0 Å². The number of nitrogens with one attached hydrogen (secondary N) is 2. The molecule has 0 fully saturated rings. The summed E-state index contributed by atoms with van der Waals surface area (Å²) in [4.78, 5) is 38.4. The van der Waals surface area contributed by atoms with E-state index in [9.17, 15) is 14.4 Å². The lowest BCUT2D eigenvalue weighted by Gasteiger charge is -2.34. The lowest BCUT2D eigenvalue weighted by Crippen LogP contribution is -2.46. The first kappa shape index (κ1) is 20.4. The second-order valence-corrected chi connectivity index (χ2v) is 7.38. The molecule has 1 unspecified atom stereocenters. The molecule has 0 saturated carbocycles. The Morgan fingerprint density at radius 3 is 2.55 bits per heavy atom. The zero-order chi connectivity index (χ0) is 21.0. The molecule has 0 spiro atoms. The van der Waals surface area contributed by atoms with E-state index < -0.39 is 6.10 Å². The summed E-state index contributed by atoms with van der Waals surface area (Å²) in [6.07, 6.45) is -0.586. The van der Waals surface area contributed by atoms with Crippen molar-refractivity contribution in [3.8, 4) is 5.75 Å². The van der Waals surface area contributed by atoms with Gasteiger partial charge in [0.15, 0.2) is 6.10 Å². The van der Waals surface area contributed by atoms with Crippen LogP contribution in [-0.2, 0) is 9.59 Å². The number of benzene rings is 2. The van der Waals surface area contributed by atoms with Crippen molar-refractivity contribution in [1.29, 1.82) is 0 Å². The number of anilines is 2. The van der Waals surface area contributed by atoms with E-state index in [1.165, 1.54) is 0 Å². The Morgan fingerprint density at radius 2 is 1.86 bits per heavy atom. The van der Waals surface area contributed by atoms with Crippen LogP contribution in [0.2, 0.25) is 0 Å². The molecule has 1 atom stereocenters. The Kier molecular flexibility index (Phi) is 6.16. The first-order valence-corrected chi connectivity index (χ1v) is 9.60. The Labute approximate surface area is 170 Å². The van der Waals surface area contributed by atoms with Crippen molar-refractivity contribution in [3.05, 3.63) is 54.1 Å². The van der Waals surface area contributed by atoms with E-state index in [0.717, 1.165) is 0 Å². The summed E-state index contributed by atoms with van der Waals surface area (Å²) >= 11 is 0. The zero-order valence-corrected chi connectivity index (χ0v) is 16.8. The van der Waals surface area contributed by atoms with Crippen LogP contribution in [0.5, 0.6) is 5.75 Å². The molecule has 0 aromatic heterocycles. The Morgan fingerprint density at radius 1 is 1.14 bits per heavy atom. The van der Waals surface area contributed by atoms with Crippen molar-refractivity contribution in [3.63, 3.8) is 0 Å². The first-order valence-electron chi connectivity index (χ1n) is 9.60. The lowest BCUT2D eigenvalue weighted by atomic mass is 10.1. The average molecular weight is 395 g/mol. The number of hydrogen-bond acceptors (Lipinski definition) is 4. The smallest absolute Gasteiger partial charge is 0.267 e. The van der Waals surface area contributed by atoms with Crippen LogP contribution >= 0.6 is 0 Å². The SMILES string of the molecule is CC(C)CN1C(=O)C(C)Oc2cc(NC(=O)CNC(=O)c3ccccc3)ccc21. The highest BCUT2D eigenvalue weighted by molar-refractivity contribution is 6.01. The van der Waals surface area contributed by atoms with Gasteiger partial charge in [-0.2, -0.15) is 0 Å². The van der Waals surface area contributed by atoms with Crippen molar-refractivity contribution in [2.75, 3.05) is 23.3 Å². The fourth-order valence-electron chi connectivity index (χ4n) is 3.10. The van der Waals surface area contributed by atoms with E-state index in [-0.39, 0.29) is 24.3 Å². The summed E-state index contributed by atoms with van der Waals surface area (Å²) < 4.78 is 5.72. The van der Waals surface area contributed by atoms with E-state index in [1.807, 2.05) is 19.9 Å². The predicted molar refractivity (Wildman–Crippen MR) is 111 cm³/mol. The van der Waals surface area contributed by atoms with Gasteiger partial charge in [-0.1, -0.05) is 32.0 Å². The molecule has 152 valence electrons. The van der Waals surface area contributed by atoms with Gasteiger partial charge in [-0.05, 0) is 37.1 Å². The number of fused-ring (bicyclic) bond motifs is 1. The molecule has 2 aromatic carbocycles. The average Bonchev–Trinajstić information content (AvgIpc) is 2.70. The molecule has 7 nitrogen and oxygen atoms in total. The third kappa shape index (κ3) is 4.93. The lowest BCUT2D eigenvalue weighted by molar-refractivity contribution is -0.125. The highest BCUT2D eigenvalue weighted by Crippen LogP contribution is 2.36. The van der Waals surface area contributed by atoms with Gasteiger partial charge >= 0.3 is 0 Å². The van der Waals surface area contributed by atoms with Crippen LogP contribution in [0.1, 0.15) is 31.1 Å². The summed E-state index contributed by atoms with van der Waals surface area (Å²) in [6.45, 7) is 6.25. The topological polar surface area (TPSA) is 87.7 Å². The van der Waals surface area contributed by atoms with Gasteiger partial charge in [0.05, 0.1) is 12.2 Å². The molecular formula is C22H25N3O4. The number of nitrogens with zero attached hydrogens (tertiary/aromatic N) is 1. The molecule has 0 radical (unpaired) electrons. The van der Waals surface area contributed by atoms with Gasteiger partial charge < -0.3 is 20.3 Å². The summed E-state index contributed by atoms with van der Waals surface area (Å²) in [6, 6.07) is 13.9. The minimum atomic E-state index is -0.586. The molecule has 2 aromatic rings. The van der Waals surface area contributed by atoms with E-state index in [2.05, 4.69) is 10.6 Å². The number of ether oxygens (including phenoxy) is 1. The second-order valence-electron chi connectivity index (χ2n) is 7.38. The third-order valence-corrected chi connectivity index (χ3v) is 4.45. The fraction of sp³-hybridized carbons (Fsp3) is 0.318. The highest BCUT2D eigenvalue weighted by atomic mass is 16.5. The van der Waals surface area contributed by atoms with Crippen LogP contribution in [0.25, 0.3) is 0 Å². The summed E-state index contributed by atoms with van der Waals surface area (Å²) in [5.41, 5.74) is 1.72. The van der Waals surface area contributed by atoms with Crippen molar-refractivity contribution in [2.24, 2.45) is 5.92 Å². The number of hydrogen-bond donors (Lipinski definition) is 2. The van der Waals surface area contributed by atoms with Crippen LogP contribution in [-0.4, -0.2) is 36.9 Å². The maximum Gasteiger partial charge on any atom is 0.267 e. The molecular weight excluding hydrogens is 370 g/mol. The summed E-state index contributed by atoms with van der Waals surface area (Å²) in [5, 5.41) is 5.33. The van der Waals surface area contributed by atoms with Crippen LogP contribution in [0, 0.1) is 5.92 Å². The standard InChI is InChI=1S/C22H25N3O4/c1-14(2)13-25-18-10-9-17(11-19(18)29-15(3)22(25)28)24-20(26)12-23-21(27)16-7-5-4-6-8-16/h4-11,14-15H,12-13H2,1-3H3,(H,23,27)(H,24,26). The van der Waals surface area contributed by atoms with E-state index in [4.69, 9.17) is 4.74 Å². The van der Waals surface area contributed by atoms with Gasteiger partial charge in [-0.25, -0.2) is 0 Å². The second kappa shape index (κ2) is 8.77. The van der Waals surface area contributed by atoms with Gasteiger partial charge in [0.25, 0.3) is 11.8 Å². The Hall–Kier alpha value is -3.35. The molecule has 1 heterocycles. The zero-order valence-electron chi connectivity index (χ0n) is 16.8. The molecule has 2 N–H and O–H groups in total. The Bertz CT molecular complexity index is 912. The van der Waals surface area contributed by atoms with Gasteiger partial charge in [0.1, 0.15) is 5.75 Å².